The van der Waals surface area contributed by atoms with Crippen LogP contribution in [0.4, 0.5) is 13.2 Å². The Bertz CT molecular complexity index is 473. The largest absolute Gasteiger partial charge is 0.480 e. The third kappa shape index (κ3) is 3.26. The molecule has 0 bridgehead atoms. The van der Waals surface area contributed by atoms with E-state index < -0.39 is 23.8 Å². The molecule has 1 heterocycles. The van der Waals surface area contributed by atoms with Crippen LogP contribution in [0.25, 0.3) is 0 Å². The zero-order chi connectivity index (χ0) is 14.0. The Balaban J connectivity index is 2.13. The standard InChI is InChI=1S/C13H14F3NO2/c14-13(15,16)10-4-1-3-9(7-10)8-17-6-2-5-11(17)12(18)19/h1,3-4,7,11H,2,5-6,8H2,(H,18,19). The molecule has 0 spiro atoms. The minimum atomic E-state index is -4.37. The fraction of sp³-hybridized carbons (Fsp3) is 0.462. The molecule has 2 rings (SSSR count). The van der Waals surface area contributed by atoms with Crippen molar-refractivity contribution in [1.29, 1.82) is 0 Å². The summed E-state index contributed by atoms with van der Waals surface area (Å²) >= 11 is 0. The summed E-state index contributed by atoms with van der Waals surface area (Å²) in [7, 11) is 0. The van der Waals surface area contributed by atoms with E-state index in [0.29, 0.717) is 18.5 Å². The van der Waals surface area contributed by atoms with Crippen LogP contribution in [0, 0.1) is 0 Å². The van der Waals surface area contributed by atoms with Crippen molar-refractivity contribution in [3.63, 3.8) is 0 Å². The van der Waals surface area contributed by atoms with Crippen LogP contribution in [-0.2, 0) is 17.5 Å². The van der Waals surface area contributed by atoms with Crippen LogP contribution < -0.4 is 0 Å². The molecule has 104 valence electrons. The maximum Gasteiger partial charge on any atom is 0.416 e. The van der Waals surface area contributed by atoms with E-state index in [4.69, 9.17) is 5.11 Å². The van der Waals surface area contributed by atoms with Gasteiger partial charge >= 0.3 is 12.1 Å². The SMILES string of the molecule is O=C(O)C1CCCN1Cc1cccc(C(F)(F)F)c1. The molecule has 1 aliphatic heterocycles. The number of carbonyl (C=O) groups is 1. The molecule has 0 aliphatic carbocycles. The molecular formula is C13H14F3NO2. The van der Waals surface area contributed by atoms with Crippen molar-refractivity contribution in [2.24, 2.45) is 0 Å². The molecule has 1 aromatic carbocycles. The molecule has 1 aromatic rings. The van der Waals surface area contributed by atoms with Crippen LogP contribution >= 0.6 is 0 Å². The molecule has 0 saturated carbocycles. The third-order valence-corrected chi connectivity index (χ3v) is 3.29. The van der Waals surface area contributed by atoms with Gasteiger partial charge in [0.1, 0.15) is 6.04 Å². The molecule has 1 N–H and O–H groups in total. The summed E-state index contributed by atoms with van der Waals surface area (Å²) in [5.74, 6) is -0.913. The van der Waals surface area contributed by atoms with Crippen molar-refractivity contribution in [1.82, 2.24) is 4.90 Å². The van der Waals surface area contributed by atoms with Gasteiger partial charge in [-0.05, 0) is 31.0 Å². The Morgan fingerprint density at radius 1 is 1.42 bits per heavy atom. The lowest BCUT2D eigenvalue weighted by molar-refractivity contribution is -0.142. The van der Waals surface area contributed by atoms with Crippen LogP contribution in [0.1, 0.15) is 24.0 Å². The molecule has 1 saturated heterocycles. The van der Waals surface area contributed by atoms with Gasteiger partial charge in [0.05, 0.1) is 5.56 Å². The van der Waals surface area contributed by atoms with E-state index in [2.05, 4.69) is 0 Å². The molecule has 0 aromatic heterocycles. The molecule has 1 aliphatic rings. The fourth-order valence-corrected chi connectivity index (χ4v) is 2.38. The number of rotatable bonds is 3. The Morgan fingerprint density at radius 2 is 2.16 bits per heavy atom. The summed E-state index contributed by atoms with van der Waals surface area (Å²) < 4.78 is 37.7. The number of hydrogen-bond donors (Lipinski definition) is 1. The molecule has 3 nitrogen and oxygen atoms in total. The Morgan fingerprint density at radius 3 is 2.79 bits per heavy atom. The van der Waals surface area contributed by atoms with Gasteiger partial charge in [-0.15, -0.1) is 0 Å². The first-order valence-electron chi connectivity index (χ1n) is 6.01. The second kappa shape index (κ2) is 5.21. The molecule has 1 fully saturated rings. The molecule has 1 unspecified atom stereocenters. The fourth-order valence-electron chi connectivity index (χ4n) is 2.38. The van der Waals surface area contributed by atoms with Crippen molar-refractivity contribution in [2.45, 2.75) is 31.6 Å². The van der Waals surface area contributed by atoms with Crippen LogP contribution in [-0.4, -0.2) is 28.6 Å². The highest BCUT2D eigenvalue weighted by Crippen LogP contribution is 2.30. The number of carboxylic acid groups (broad SMARTS) is 1. The maximum absolute atomic E-state index is 12.6. The van der Waals surface area contributed by atoms with Gasteiger partial charge in [0.2, 0.25) is 0 Å². The summed E-state index contributed by atoms with van der Waals surface area (Å²) in [5, 5.41) is 9.02. The predicted molar refractivity (Wildman–Crippen MR) is 62.5 cm³/mol. The number of aliphatic carboxylic acids is 1. The highest BCUT2D eigenvalue weighted by atomic mass is 19.4. The number of hydrogen-bond acceptors (Lipinski definition) is 2. The lowest BCUT2D eigenvalue weighted by Gasteiger charge is -2.21. The highest BCUT2D eigenvalue weighted by molar-refractivity contribution is 5.73. The van der Waals surface area contributed by atoms with Gasteiger partial charge in [-0.3, -0.25) is 9.69 Å². The zero-order valence-corrected chi connectivity index (χ0v) is 10.2. The number of halogens is 3. The molecule has 1 atom stereocenters. The van der Waals surface area contributed by atoms with E-state index in [1.54, 1.807) is 11.0 Å². The first kappa shape index (κ1) is 13.9. The van der Waals surface area contributed by atoms with Gasteiger partial charge in [0.25, 0.3) is 0 Å². The number of benzene rings is 1. The first-order valence-corrected chi connectivity index (χ1v) is 6.01. The highest BCUT2D eigenvalue weighted by Gasteiger charge is 2.32. The topological polar surface area (TPSA) is 40.5 Å². The maximum atomic E-state index is 12.6. The van der Waals surface area contributed by atoms with E-state index in [1.807, 2.05) is 0 Å². The normalized spacial score (nSPS) is 20.7. The minimum Gasteiger partial charge on any atom is -0.480 e. The predicted octanol–water partition coefficient (Wildman–Crippen LogP) is 2.75. The smallest absolute Gasteiger partial charge is 0.416 e. The quantitative estimate of drug-likeness (QED) is 0.920. The van der Waals surface area contributed by atoms with Crippen molar-refractivity contribution in [3.8, 4) is 0 Å². The van der Waals surface area contributed by atoms with E-state index in [9.17, 15) is 18.0 Å². The summed E-state index contributed by atoms with van der Waals surface area (Å²) in [5.41, 5.74) is -0.209. The molecule has 19 heavy (non-hydrogen) atoms. The van der Waals surface area contributed by atoms with E-state index in [0.717, 1.165) is 18.6 Å². The third-order valence-electron chi connectivity index (χ3n) is 3.29. The van der Waals surface area contributed by atoms with E-state index in [-0.39, 0.29) is 6.54 Å². The van der Waals surface area contributed by atoms with Gasteiger partial charge in [-0.2, -0.15) is 13.2 Å². The molecule has 0 radical (unpaired) electrons. The van der Waals surface area contributed by atoms with Crippen LogP contribution in [0.5, 0.6) is 0 Å². The summed E-state index contributed by atoms with van der Waals surface area (Å²) in [6.07, 6.45) is -3.06. The lowest BCUT2D eigenvalue weighted by atomic mass is 10.1. The first-order chi connectivity index (χ1) is 8.88. The second-order valence-electron chi connectivity index (χ2n) is 4.66. The van der Waals surface area contributed by atoms with Crippen LogP contribution in [0.2, 0.25) is 0 Å². The molecule has 0 amide bonds. The van der Waals surface area contributed by atoms with Crippen LogP contribution in [0.15, 0.2) is 24.3 Å². The lowest BCUT2D eigenvalue weighted by Crippen LogP contribution is -2.35. The zero-order valence-electron chi connectivity index (χ0n) is 10.2. The van der Waals surface area contributed by atoms with Crippen molar-refractivity contribution in [2.75, 3.05) is 6.54 Å². The van der Waals surface area contributed by atoms with Crippen molar-refractivity contribution >= 4 is 5.97 Å². The summed E-state index contributed by atoms with van der Waals surface area (Å²) in [6.45, 7) is 0.841. The molecular weight excluding hydrogens is 259 g/mol. The van der Waals surface area contributed by atoms with Gasteiger partial charge in [-0.1, -0.05) is 18.2 Å². The Labute approximate surface area is 108 Å². The van der Waals surface area contributed by atoms with Crippen LogP contribution in [0.3, 0.4) is 0 Å². The minimum absolute atomic E-state index is 0.237. The number of likely N-dealkylation sites (tertiary alicyclic amines) is 1. The van der Waals surface area contributed by atoms with Gasteiger partial charge in [0, 0.05) is 6.54 Å². The molecule has 6 heteroatoms. The number of carboxylic acids is 1. The van der Waals surface area contributed by atoms with Gasteiger partial charge in [0.15, 0.2) is 0 Å². The van der Waals surface area contributed by atoms with E-state index >= 15 is 0 Å². The number of nitrogens with zero attached hydrogens (tertiary/aromatic N) is 1. The van der Waals surface area contributed by atoms with E-state index in [1.165, 1.54) is 6.07 Å². The van der Waals surface area contributed by atoms with Gasteiger partial charge in [-0.25, -0.2) is 0 Å². The number of alkyl halides is 3. The monoisotopic (exact) mass is 273 g/mol. The summed E-state index contributed by atoms with van der Waals surface area (Å²) in [4.78, 5) is 12.7. The van der Waals surface area contributed by atoms with Crippen molar-refractivity contribution in [3.05, 3.63) is 35.4 Å². The summed E-state index contributed by atoms with van der Waals surface area (Å²) in [6, 6.07) is 4.45. The average molecular weight is 273 g/mol. The second-order valence-corrected chi connectivity index (χ2v) is 4.66. The average Bonchev–Trinajstić information content (AvgIpc) is 2.76. The Hall–Kier alpha value is -1.56. The van der Waals surface area contributed by atoms with Gasteiger partial charge < -0.3 is 5.11 Å². The van der Waals surface area contributed by atoms with Crippen molar-refractivity contribution < 1.29 is 23.1 Å². The Kier molecular flexibility index (Phi) is 3.80.